The molecule has 0 aliphatic carbocycles. The van der Waals surface area contributed by atoms with Crippen molar-refractivity contribution in [3.8, 4) is 5.75 Å². The summed E-state index contributed by atoms with van der Waals surface area (Å²) in [6, 6.07) is 19.4. The molecule has 1 N–H and O–H groups in total. The van der Waals surface area contributed by atoms with Gasteiger partial charge in [0.25, 0.3) is 0 Å². The summed E-state index contributed by atoms with van der Waals surface area (Å²) in [5.41, 5.74) is 1.31. The average molecular weight is 448 g/mol. The van der Waals surface area contributed by atoms with Gasteiger partial charge in [-0.2, -0.15) is 0 Å². The third-order valence-electron chi connectivity index (χ3n) is 3.08. The summed E-state index contributed by atoms with van der Waals surface area (Å²) in [6.07, 6.45) is 0. The molecule has 0 unspecified atom stereocenters. The zero-order chi connectivity index (χ0) is 13.9. The van der Waals surface area contributed by atoms with Gasteiger partial charge in [0.15, 0.2) is 0 Å². The van der Waals surface area contributed by atoms with Crippen LogP contribution in [0.1, 0.15) is 0 Å². The Bertz CT molecular complexity index is 782. The van der Waals surface area contributed by atoms with E-state index in [0.29, 0.717) is 31.8 Å². The third kappa shape index (κ3) is 2.73. The first-order valence-electron chi connectivity index (χ1n) is 6.28. The fourth-order valence-corrected chi connectivity index (χ4v) is 2.94. The number of aromatic hydroxyl groups is 1. The van der Waals surface area contributed by atoms with Gasteiger partial charge in [-0.25, -0.2) is 0 Å². The van der Waals surface area contributed by atoms with Crippen LogP contribution in [0.4, 0.5) is 11.4 Å². The van der Waals surface area contributed by atoms with Crippen LogP contribution >= 0.6 is 0 Å². The second-order valence-corrected chi connectivity index (χ2v) is 7.69. The van der Waals surface area contributed by atoms with E-state index in [4.69, 9.17) is 0 Å². The van der Waals surface area contributed by atoms with Gasteiger partial charge in [0.1, 0.15) is 0 Å². The maximum atomic E-state index is 9.98. The van der Waals surface area contributed by atoms with Gasteiger partial charge in [-0.1, -0.05) is 0 Å². The molecule has 0 aliphatic rings. The Morgan fingerprint density at radius 2 is 1.55 bits per heavy atom. The first kappa shape index (κ1) is 13.2. The molecular weight excluding hydrogens is 437 g/mol. The molecule has 3 aromatic rings. The fraction of sp³-hybridized carbons (Fsp3) is 0. The Balaban J connectivity index is 2.06. The molecule has 0 bridgehead atoms. The van der Waals surface area contributed by atoms with Crippen LogP contribution in [0.15, 0.2) is 70.9 Å². The van der Waals surface area contributed by atoms with E-state index in [1.807, 2.05) is 42.5 Å². The van der Waals surface area contributed by atoms with Crippen molar-refractivity contribution in [3.05, 3.63) is 60.7 Å². The van der Waals surface area contributed by atoms with Gasteiger partial charge >= 0.3 is 133 Å². The summed E-state index contributed by atoms with van der Waals surface area (Å²) in [7, 11) is 0. The number of phenols is 1. The summed E-state index contributed by atoms with van der Waals surface area (Å²) in [6.45, 7) is 0. The Morgan fingerprint density at radius 3 is 2.35 bits per heavy atom. The first-order valence-corrected chi connectivity index (χ1v) is 9.03. The molecule has 0 aromatic heterocycles. The van der Waals surface area contributed by atoms with Crippen molar-refractivity contribution in [1.82, 2.24) is 0 Å². The van der Waals surface area contributed by atoms with Crippen LogP contribution in [0, 0.1) is 0 Å². The van der Waals surface area contributed by atoms with Crippen LogP contribution < -0.4 is 3.07 Å². The summed E-state index contributed by atoms with van der Waals surface area (Å²) >= 11 is 0.627. The van der Waals surface area contributed by atoms with E-state index in [0.717, 1.165) is 16.5 Å². The van der Waals surface area contributed by atoms with Crippen molar-refractivity contribution in [2.24, 2.45) is 10.2 Å². The van der Waals surface area contributed by atoms with Crippen LogP contribution in [-0.4, -0.2) is 5.11 Å². The summed E-state index contributed by atoms with van der Waals surface area (Å²) in [5.74, 6) is 0.148. The number of benzene rings is 3. The van der Waals surface area contributed by atoms with Gasteiger partial charge in [0.2, 0.25) is 0 Å². The van der Waals surface area contributed by atoms with Crippen molar-refractivity contribution in [2.45, 2.75) is 0 Å². The molecule has 0 fully saturated rings. The predicted octanol–water partition coefficient (Wildman–Crippen LogP) is 4.13. The van der Waals surface area contributed by atoms with Gasteiger partial charge < -0.3 is 0 Å². The van der Waals surface area contributed by atoms with Crippen LogP contribution in [-0.2, 0) is 26.1 Å². The van der Waals surface area contributed by atoms with Gasteiger partial charge in [0, 0.05) is 0 Å². The molecule has 20 heavy (non-hydrogen) atoms. The van der Waals surface area contributed by atoms with E-state index in [1.54, 1.807) is 6.07 Å². The van der Waals surface area contributed by atoms with Crippen LogP contribution in [0.2, 0.25) is 0 Å². The minimum atomic E-state index is 0.148. The predicted molar refractivity (Wildman–Crippen MR) is 75.9 cm³/mol. The zero-order valence-corrected chi connectivity index (χ0v) is 16.3. The van der Waals surface area contributed by atoms with Crippen LogP contribution in [0.3, 0.4) is 0 Å². The average Bonchev–Trinajstić information content (AvgIpc) is 2.48. The number of rotatable bonds is 2. The minimum absolute atomic E-state index is 0.148. The molecule has 0 atom stereocenters. The van der Waals surface area contributed by atoms with E-state index in [2.05, 4.69) is 22.4 Å². The van der Waals surface area contributed by atoms with E-state index in [1.165, 1.54) is 3.07 Å². The molecule has 0 aliphatic heterocycles. The molecule has 4 heteroatoms. The van der Waals surface area contributed by atoms with E-state index < -0.39 is 0 Å². The van der Waals surface area contributed by atoms with Crippen molar-refractivity contribution < 1.29 is 31.2 Å². The van der Waals surface area contributed by atoms with Crippen molar-refractivity contribution in [2.75, 3.05) is 0 Å². The number of hydrogen-bond donors (Lipinski definition) is 1. The van der Waals surface area contributed by atoms with E-state index in [9.17, 15) is 5.11 Å². The molecule has 0 heterocycles. The second-order valence-electron chi connectivity index (χ2n) is 4.52. The molecule has 92 valence electrons. The number of nitrogens with zero attached hydrogens (tertiary/aromatic N) is 2. The molecule has 0 amide bonds. The van der Waals surface area contributed by atoms with Crippen molar-refractivity contribution in [1.29, 1.82) is 0 Å². The third-order valence-corrected chi connectivity index (χ3v) is 4.91. The van der Waals surface area contributed by atoms with E-state index in [-0.39, 0.29) is 5.75 Å². The van der Waals surface area contributed by atoms with Crippen molar-refractivity contribution in [3.63, 3.8) is 0 Å². The monoisotopic (exact) mass is 449 g/mol. The molecule has 3 nitrogen and oxygen atoms in total. The number of phenolic OH excluding ortho intramolecular Hbond substituents is 1. The van der Waals surface area contributed by atoms with Gasteiger partial charge in [-0.05, 0) is 0 Å². The second kappa shape index (κ2) is 5.71. The number of azo groups is 1. The van der Waals surface area contributed by atoms with Gasteiger partial charge in [-0.3, -0.25) is 0 Å². The Labute approximate surface area is 133 Å². The maximum absolute atomic E-state index is 9.98. The molecular formula is C16H11HgN2O+. The summed E-state index contributed by atoms with van der Waals surface area (Å²) in [5, 5.41) is 20.4. The quantitative estimate of drug-likeness (QED) is 0.466. The molecule has 0 saturated carbocycles. The number of hydrogen-bond acceptors (Lipinski definition) is 3. The summed E-state index contributed by atoms with van der Waals surface area (Å²) < 4.78 is 1.37. The molecule has 3 rings (SSSR count). The van der Waals surface area contributed by atoms with Crippen LogP contribution in [0.5, 0.6) is 5.75 Å². The SMILES string of the molecule is Oc1ccc2ccccc2c1N=Nc1cc[c]([Hg+])cc1. The Hall–Kier alpha value is -1.74. The normalized spacial score (nSPS) is 11.3. The molecule has 0 radical (unpaired) electrons. The number of fused-ring (bicyclic) bond motifs is 1. The molecule has 0 spiro atoms. The van der Waals surface area contributed by atoms with Crippen LogP contribution in [0.25, 0.3) is 10.8 Å². The standard InChI is InChI=1S/C16H11N2O.Hg/c19-15-11-10-12-6-4-5-9-14(12)16(15)18-17-13-7-2-1-3-8-13;/h2-11,19H;/q;+1. The summed E-state index contributed by atoms with van der Waals surface area (Å²) in [4.78, 5) is 0. The van der Waals surface area contributed by atoms with E-state index >= 15 is 0 Å². The zero-order valence-electron chi connectivity index (χ0n) is 10.8. The first-order chi connectivity index (χ1) is 9.74. The Morgan fingerprint density at radius 1 is 0.800 bits per heavy atom. The van der Waals surface area contributed by atoms with Gasteiger partial charge in [-0.15, -0.1) is 0 Å². The topological polar surface area (TPSA) is 45.0 Å². The molecule has 3 aromatic carbocycles. The van der Waals surface area contributed by atoms with Gasteiger partial charge in [0.05, 0.1) is 0 Å². The van der Waals surface area contributed by atoms with Crippen molar-refractivity contribution >= 4 is 25.2 Å². The molecule has 0 saturated heterocycles. The fourth-order valence-electron chi connectivity index (χ4n) is 2.02. The Kier molecular flexibility index (Phi) is 3.78.